The number of carbonyl (C=O) groups is 1. The summed E-state index contributed by atoms with van der Waals surface area (Å²) in [7, 11) is 0. The van der Waals surface area contributed by atoms with Crippen molar-refractivity contribution in [3.05, 3.63) is 21.0 Å². The van der Waals surface area contributed by atoms with Crippen molar-refractivity contribution in [1.82, 2.24) is 4.98 Å². The van der Waals surface area contributed by atoms with Crippen LogP contribution in [0.3, 0.4) is 0 Å². The molecule has 0 amide bonds. The Bertz CT molecular complexity index is 556. The smallest absolute Gasteiger partial charge is 0.356 e. The lowest BCUT2D eigenvalue weighted by molar-refractivity contribution is 0.0526. The fourth-order valence-corrected chi connectivity index (χ4v) is 2.88. The molecule has 1 aromatic rings. The molecular formula is C12H12IN3O3. The third-order valence-electron chi connectivity index (χ3n) is 2.87. The van der Waals surface area contributed by atoms with Gasteiger partial charge in [-0.1, -0.05) is 0 Å². The SMILES string of the molecule is CC1CN(c2c(C(=O)O)ncc(C#N)c2I)CCO1. The molecule has 100 valence electrons. The minimum Gasteiger partial charge on any atom is -0.476 e. The predicted molar refractivity (Wildman–Crippen MR) is 76.3 cm³/mol. The van der Waals surface area contributed by atoms with Crippen molar-refractivity contribution in [2.24, 2.45) is 0 Å². The number of carboxylic acids is 1. The lowest BCUT2D eigenvalue weighted by Gasteiger charge is -2.34. The van der Waals surface area contributed by atoms with E-state index < -0.39 is 5.97 Å². The van der Waals surface area contributed by atoms with Crippen LogP contribution < -0.4 is 4.90 Å². The summed E-state index contributed by atoms with van der Waals surface area (Å²) in [6.45, 7) is 3.65. The monoisotopic (exact) mass is 373 g/mol. The molecule has 1 aliphatic heterocycles. The molecule has 0 bridgehead atoms. The molecule has 1 atom stereocenters. The van der Waals surface area contributed by atoms with Gasteiger partial charge in [-0.05, 0) is 29.5 Å². The van der Waals surface area contributed by atoms with E-state index in [9.17, 15) is 9.90 Å². The van der Waals surface area contributed by atoms with E-state index >= 15 is 0 Å². The summed E-state index contributed by atoms with van der Waals surface area (Å²) in [5.74, 6) is -1.09. The molecule has 6 nitrogen and oxygen atoms in total. The highest BCUT2D eigenvalue weighted by molar-refractivity contribution is 14.1. The van der Waals surface area contributed by atoms with Crippen LogP contribution in [-0.2, 0) is 4.74 Å². The molecule has 0 aromatic carbocycles. The van der Waals surface area contributed by atoms with Gasteiger partial charge in [0.2, 0.25) is 0 Å². The molecule has 19 heavy (non-hydrogen) atoms. The Labute approximate surface area is 124 Å². The molecule has 1 saturated heterocycles. The lowest BCUT2D eigenvalue weighted by Crippen LogP contribution is -2.42. The van der Waals surface area contributed by atoms with E-state index in [1.807, 2.05) is 40.5 Å². The zero-order chi connectivity index (χ0) is 14.0. The van der Waals surface area contributed by atoms with Crippen LogP contribution in [-0.4, -0.2) is 41.9 Å². The van der Waals surface area contributed by atoms with Crippen LogP contribution in [0.2, 0.25) is 0 Å². The van der Waals surface area contributed by atoms with Crippen LogP contribution in [0.4, 0.5) is 5.69 Å². The number of carboxylic acid groups (broad SMARTS) is 1. The summed E-state index contributed by atoms with van der Waals surface area (Å²) >= 11 is 2.00. The minimum absolute atomic E-state index is 0.0162. The lowest BCUT2D eigenvalue weighted by atomic mass is 10.2. The van der Waals surface area contributed by atoms with Gasteiger partial charge in [-0.25, -0.2) is 9.78 Å². The van der Waals surface area contributed by atoms with Crippen LogP contribution in [0.25, 0.3) is 0 Å². The van der Waals surface area contributed by atoms with Gasteiger partial charge in [-0.2, -0.15) is 5.26 Å². The van der Waals surface area contributed by atoms with Crippen LogP contribution >= 0.6 is 22.6 Å². The summed E-state index contributed by atoms with van der Waals surface area (Å²) in [4.78, 5) is 17.1. The number of morpholine rings is 1. The average Bonchev–Trinajstić information content (AvgIpc) is 2.38. The maximum Gasteiger partial charge on any atom is 0.356 e. The molecule has 1 N–H and O–H groups in total. The standard InChI is InChI=1S/C12H12IN3O3/c1-7-6-16(2-3-19-7)11-9(13)8(4-14)5-15-10(11)12(17)18/h5,7H,2-3,6H2,1H3,(H,17,18). The third-order valence-corrected chi connectivity index (χ3v) is 3.96. The first kappa shape index (κ1) is 14.0. The highest BCUT2D eigenvalue weighted by atomic mass is 127. The molecule has 1 fully saturated rings. The van der Waals surface area contributed by atoms with E-state index in [0.29, 0.717) is 34.5 Å². The van der Waals surface area contributed by atoms with Gasteiger partial charge in [-0.3, -0.25) is 0 Å². The quantitative estimate of drug-likeness (QED) is 0.791. The van der Waals surface area contributed by atoms with Gasteiger partial charge in [0.1, 0.15) is 6.07 Å². The number of nitrogens with zero attached hydrogens (tertiary/aromatic N) is 3. The second-order valence-corrected chi connectivity index (χ2v) is 5.31. The van der Waals surface area contributed by atoms with E-state index in [4.69, 9.17) is 10.00 Å². The highest BCUT2D eigenvalue weighted by Gasteiger charge is 2.26. The van der Waals surface area contributed by atoms with Crippen LogP contribution in [0.5, 0.6) is 0 Å². The van der Waals surface area contributed by atoms with Crippen molar-refractivity contribution >= 4 is 34.2 Å². The Morgan fingerprint density at radius 1 is 1.74 bits per heavy atom. The zero-order valence-corrected chi connectivity index (χ0v) is 12.4. The number of halogens is 1. The van der Waals surface area contributed by atoms with Gasteiger partial charge in [0.25, 0.3) is 0 Å². The second-order valence-electron chi connectivity index (χ2n) is 4.23. The number of anilines is 1. The van der Waals surface area contributed by atoms with Crippen molar-refractivity contribution in [2.75, 3.05) is 24.6 Å². The topological polar surface area (TPSA) is 86.5 Å². The molecule has 0 spiro atoms. The van der Waals surface area contributed by atoms with Gasteiger partial charge in [0.15, 0.2) is 5.69 Å². The summed E-state index contributed by atoms with van der Waals surface area (Å²) in [5, 5.41) is 18.3. The number of hydrogen-bond acceptors (Lipinski definition) is 5. The van der Waals surface area contributed by atoms with E-state index in [-0.39, 0.29) is 11.8 Å². The van der Waals surface area contributed by atoms with Gasteiger partial charge in [-0.15, -0.1) is 0 Å². The van der Waals surface area contributed by atoms with Gasteiger partial charge in [0.05, 0.1) is 27.5 Å². The van der Waals surface area contributed by atoms with Crippen LogP contribution in [0.1, 0.15) is 23.0 Å². The largest absolute Gasteiger partial charge is 0.476 e. The molecule has 7 heteroatoms. The van der Waals surface area contributed by atoms with Crippen LogP contribution in [0, 0.1) is 14.9 Å². The molecule has 1 aliphatic rings. The summed E-state index contributed by atoms with van der Waals surface area (Å²) < 4.78 is 6.08. The Kier molecular flexibility index (Phi) is 4.21. The van der Waals surface area contributed by atoms with Gasteiger partial charge < -0.3 is 14.7 Å². The number of nitriles is 1. The summed E-state index contributed by atoms with van der Waals surface area (Å²) in [5.41, 5.74) is 0.888. The average molecular weight is 373 g/mol. The van der Waals surface area contributed by atoms with Gasteiger partial charge in [0, 0.05) is 19.3 Å². The van der Waals surface area contributed by atoms with Crippen molar-refractivity contribution < 1.29 is 14.6 Å². The van der Waals surface area contributed by atoms with Crippen molar-refractivity contribution in [1.29, 1.82) is 5.26 Å². The minimum atomic E-state index is -1.09. The number of aromatic nitrogens is 1. The molecule has 2 rings (SSSR count). The normalized spacial score (nSPS) is 19.0. The Balaban J connectivity index is 2.52. The number of hydrogen-bond donors (Lipinski definition) is 1. The van der Waals surface area contributed by atoms with Gasteiger partial charge >= 0.3 is 5.97 Å². The molecular weight excluding hydrogens is 361 g/mol. The second kappa shape index (κ2) is 5.71. The number of rotatable bonds is 2. The first-order chi connectivity index (χ1) is 9.04. The number of pyridine rings is 1. The Hall–Kier alpha value is -1.40. The first-order valence-electron chi connectivity index (χ1n) is 5.73. The third kappa shape index (κ3) is 2.79. The van der Waals surface area contributed by atoms with E-state index in [1.165, 1.54) is 6.20 Å². The van der Waals surface area contributed by atoms with Crippen molar-refractivity contribution in [3.8, 4) is 6.07 Å². The van der Waals surface area contributed by atoms with E-state index in [2.05, 4.69) is 4.98 Å². The maximum atomic E-state index is 11.3. The predicted octanol–water partition coefficient (Wildman–Crippen LogP) is 1.48. The Morgan fingerprint density at radius 2 is 2.47 bits per heavy atom. The molecule has 0 aliphatic carbocycles. The molecule has 1 aromatic heterocycles. The van der Waals surface area contributed by atoms with Crippen molar-refractivity contribution in [2.45, 2.75) is 13.0 Å². The zero-order valence-electron chi connectivity index (χ0n) is 10.3. The fraction of sp³-hybridized carbons (Fsp3) is 0.417. The van der Waals surface area contributed by atoms with E-state index in [1.54, 1.807) is 0 Å². The maximum absolute atomic E-state index is 11.3. The van der Waals surface area contributed by atoms with Crippen LogP contribution in [0.15, 0.2) is 6.20 Å². The summed E-state index contributed by atoms with van der Waals surface area (Å²) in [6, 6.07) is 2.03. The number of aromatic carboxylic acids is 1. The fourth-order valence-electron chi connectivity index (χ4n) is 2.02. The Morgan fingerprint density at radius 3 is 3.05 bits per heavy atom. The summed E-state index contributed by atoms with van der Waals surface area (Å²) in [6.07, 6.45) is 1.33. The first-order valence-corrected chi connectivity index (χ1v) is 6.81. The molecule has 2 heterocycles. The molecule has 0 saturated carbocycles. The highest BCUT2D eigenvalue weighted by Crippen LogP contribution is 2.29. The molecule has 0 radical (unpaired) electrons. The van der Waals surface area contributed by atoms with Crippen molar-refractivity contribution in [3.63, 3.8) is 0 Å². The molecule has 1 unspecified atom stereocenters. The number of ether oxygens (including phenoxy) is 1. The van der Waals surface area contributed by atoms with E-state index in [0.717, 1.165) is 0 Å².